The number of aliphatic imine (C=N–C) groups is 1. The summed E-state index contributed by atoms with van der Waals surface area (Å²) in [7, 11) is 4.06. The summed E-state index contributed by atoms with van der Waals surface area (Å²) in [5.41, 5.74) is 8.22. The molecule has 22 heavy (non-hydrogen) atoms. The molecule has 1 heterocycles. The zero-order chi connectivity index (χ0) is 15.1. The van der Waals surface area contributed by atoms with Crippen molar-refractivity contribution in [1.82, 2.24) is 5.32 Å². The molecule has 0 spiro atoms. The highest BCUT2D eigenvalue weighted by Gasteiger charge is 1.98. The topological polar surface area (TPSA) is 53.6 Å². The van der Waals surface area contributed by atoms with Crippen LogP contribution in [0.1, 0.15) is 10.4 Å². The Morgan fingerprint density at radius 3 is 2.77 bits per heavy atom. The lowest BCUT2D eigenvalue weighted by Crippen LogP contribution is -2.33. The second kappa shape index (κ2) is 9.68. The zero-order valence-electron chi connectivity index (χ0n) is 13.0. The molecule has 0 unspecified atom stereocenters. The van der Waals surface area contributed by atoms with Crippen molar-refractivity contribution in [2.45, 2.75) is 13.0 Å². The number of thiophene rings is 1. The standard InChI is InChI=1S/C16H22N4S.HI/c1-20(2)14-6-3-5-13(11-14)12-19-16(17)18-9-8-15-7-4-10-21-15;/h3-7,10-11H,8-9,12H2,1-2H3,(H3,17,18,19);1H. The van der Waals surface area contributed by atoms with Gasteiger partial charge in [-0.1, -0.05) is 18.2 Å². The van der Waals surface area contributed by atoms with Crippen LogP contribution in [0, 0.1) is 0 Å². The highest BCUT2D eigenvalue weighted by Crippen LogP contribution is 2.13. The Morgan fingerprint density at radius 1 is 1.27 bits per heavy atom. The summed E-state index contributed by atoms with van der Waals surface area (Å²) in [5.74, 6) is 0.502. The molecule has 1 aromatic heterocycles. The number of benzene rings is 1. The van der Waals surface area contributed by atoms with Crippen molar-refractivity contribution in [2.24, 2.45) is 10.7 Å². The van der Waals surface area contributed by atoms with Crippen molar-refractivity contribution in [3.05, 3.63) is 52.2 Å². The number of guanidine groups is 1. The van der Waals surface area contributed by atoms with E-state index in [4.69, 9.17) is 5.73 Å². The molecule has 0 bridgehead atoms. The molecule has 4 nitrogen and oxygen atoms in total. The maximum absolute atomic E-state index is 5.89. The van der Waals surface area contributed by atoms with Gasteiger partial charge in [-0.15, -0.1) is 35.3 Å². The Hall–Kier alpha value is -1.28. The summed E-state index contributed by atoms with van der Waals surface area (Å²) in [6.07, 6.45) is 0.976. The molecule has 0 radical (unpaired) electrons. The molecule has 0 aliphatic heterocycles. The fourth-order valence-electron chi connectivity index (χ4n) is 1.93. The van der Waals surface area contributed by atoms with Gasteiger partial charge >= 0.3 is 0 Å². The molecular formula is C16H23IN4S. The molecule has 2 aromatic rings. The third-order valence-corrected chi connectivity index (χ3v) is 4.05. The molecule has 0 saturated heterocycles. The second-order valence-corrected chi connectivity index (χ2v) is 6.05. The number of hydrogen-bond donors (Lipinski definition) is 2. The lowest BCUT2D eigenvalue weighted by atomic mass is 10.2. The van der Waals surface area contributed by atoms with Crippen molar-refractivity contribution in [3.63, 3.8) is 0 Å². The van der Waals surface area contributed by atoms with Gasteiger partial charge in [-0.3, -0.25) is 0 Å². The van der Waals surface area contributed by atoms with E-state index in [-0.39, 0.29) is 24.0 Å². The maximum Gasteiger partial charge on any atom is 0.188 e. The molecule has 3 N–H and O–H groups in total. The van der Waals surface area contributed by atoms with Crippen LogP contribution in [0.15, 0.2) is 46.8 Å². The quantitative estimate of drug-likeness (QED) is 0.421. The van der Waals surface area contributed by atoms with E-state index in [1.807, 2.05) is 20.2 Å². The van der Waals surface area contributed by atoms with E-state index >= 15 is 0 Å². The number of hydrogen-bond acceptors (Lipinski definition) is 3. The van der Waals surface area contributed by atoms with Crippen LogP contribution in [0.5, 0.6) is 0 Å². The van der Waals surface area contributed by atoms with Gasteiger partial charge in [0, 0.05) is 31.2 Å². The van der Waals surface area contributed by atoms with Gasteiger partial charge in [0.25, 0.3) is 0 Å². The molecule has 0 saturated carbocycles. The predicted molar refractivity (Wildman–Crippen MR) is 108 cm³/mol. The smallest absolute Gasteiger partial charge is 0.188 e. The zero-order valence-corrected chi connectivity index (χ0v) is 16.1. The van der Waals surface area contributed by atoms with Crippen molar-refractivity contribution < 1.29 is 0 Å². The minimum Gasteiger partial charge on any atom is -0.378 e. The van der Waals surface area contributed by atoms with Crippen LogP contribution in [-0.4, -0.2) is 26.6 Å². The van der Waals surface area contributed by atoms with Crippen molar-refractivity contribution in [2.75, 3.05) is 25.5 Å². The van der Waals surface area contributed by atoms with Gasteiger partial charge < -0.3 is 16.0 Å². The van der Waals surface area contributed by atoms with Gasteiger partial charge in [0.05, 0.1) is 6.54 Å². The summed E-state index contributed by atoms with van der Waals surface area (Å²) in [6, 6.07) is 12.5. The van der Waals surface area contributed by atoms with Gasteiger partial charge in [-0.2, -0.15) is 0 Å². The average Bonchev–Trinajstić information content (AvgIpc) is 2.99. The van der Waals surface area contributed by atoms with E-state index in [1.54, 1.807) is 11.3 Å². The van der Waals surface area contributed by atoms with E-state index < -0.39 is 0 Å². The highest BCUT2D eigenvalue weighted by atomic mass is 127. The third kappa shape index (κ3) is 6.23. The number of nitrogens with one attached hydrogen (secondary N) is 1. The Balaban J connectivity index is 0.00000242. The summed E-state index contributed by atoms with van der Waals surface area (Å²) in [4.78, 5) is 7.82. The number of halogens is 1. The van der Waals surface area contributed by atoms with Crippen molar-refractivity contribution in [1.29, 1.82) is 0 Å². The molecule has 0 aliphatic carbocycles. The van der Waals surface area contributed by atoms with E-state index in [1.165, 1.54) is 10.6 Å². The van der Waals surface area contributed by atoms with E-state index in [2.05, 4.69) is 50.9 Å². The summed E-state index contributed by atoms with van der Waals surface area (Å²) in [6.45, 7) is 1.41. The fourth-order valence-corrected chi connectivity index (χ4v) is 2.64. The number of nitrogens with two attached hydrogens (primary N) is 1. The van der Waals surface area contributed by atoms with Gasteiger partial charge in [-0.25, -0.2) is 4.99 Å². The summed E-state index contributed by atoms with van der Waals surface area (Å²) >= 11 is 1.76. The fraction of sp³-hybridized carbons (Fsp3) is 0.312. The number of rotatable bonds is 6. The van der Waals surface area contributed by atoms with Crippen LogP contribution in [-0.2, 0) is 13.0 Å². The predicted octanol–water partition coefficient (Wildman–Crippen LogP) is 3.08. The van der Waals surface area contributed by atoms with Gasteiger partial charge in [0.1, 0.15) is 0 Å². The SMILES string of the molecule is CN(C)c1cccc(CN=C(N)NCCc2cccs2)c1.I. The van der Waals surface area contributed by atoms with Gasteiger partial charge in [0.2, 0.25) is 0 Å². The molecule has 0 aliphatic rings. The first-order valence-electron chi connectivity index (χ1n) is 6.97. The third-order valence-electron chi connectivity index (χ3n) is 3.12. The second-order valence-electron chi connectivity index (χ2n) is 5.02. The monoisotopic (exact) mass is 430 g/mol. The van der Waals surface area contributed by atoms with Crippen molar-refractivity contribution in [3.8, 4) is 0 Å². The Bertz CT molecular complexity index is 582. The van der Waals surface area contributed by atoms with Crippen LogP contribution in [0.25, 0.3) is 0 Å². The molecule has 0 fully saturated rings. The van der Waals surface area contributed by atoms with E-state index in [0.717, 1.165) is 18.5 Å². The maximum atomic E-state index is 5.89. The normalized spacial score (nSPS) is 10.9. The van der Waals surface area contributed by atoms with Crippen LogP contribution >= 0.6 is 35.3 Å². The minimum atomic E-state index is 0. The minimum absolute atomic E-state index is 0. The van der Waals surface area contributed by atoms with E-state index in [0.29, 0.717) is 12.5 Å². The lowest BCUT2D eigenvalue weighted by molar-refractivity contribution is 0.857. The molecule has 6 heteroatoms. The highest BCUT2D eigenvalue weighted by molar-refractivity contribution is 14.0. The Morgan fingerprint density at radius 2 is 2.09 bits per heavy atom. The summed E-state index contributed by atoms with van der Waals surface area (Å²) < 4.78 is 0. The average molecular weight is 430 g/mol. The van der Waals surface area contributed by atoms with Gasteiger partial charge in [0.15, 0.2) is 5.96 Å². The van der Waals surface area contributed by atoms with Crippen molar-refractivity contribution >= 4 is 47.0 Å². The van der Waals surface area contributed by atoms with Crippen LogP contribution < -0.4 is 16.0 Å². The Kier molecular flexibility index (Phi) is 8.26. The van der Waals surface area contributed by atoms with Gasteiger partial charge in [-0.05, 0) is 35.6 Å². The molecule has 1 aromatic carbocycles. The lowest BCUT2D eigenvalue weighted by Gasteiger charge is -2.13. The molecule has 0 atom stereocenters. The largest absolute Gasteiger partial charge is 0.378 e. The van der Waals surface area contributed by atoms with Crippen LogP contribution in [0.3, 0.4) is 0 Å². The summed E-state index contributed by atoms with van der Waals surface area (Å²) in [5, 5.41) is 5.24. The molecule has 120 valence electrons. The molecule has 2 rings (SSSR count). The van der Waals surface area contributed by atoms with E-state index in [9.17, 15) is 0 Å². The molecule has 0 amide bonds. The first-order valence-corrected chi connectivity index (χ1v) is 7.85. The first-order chi connectivity index (χ1) is 10.1. The number of anilines is 1. The Labute approximate surface area is 153 Å². The van der Waals surface area contributed by atoms with Crippen LogP contribution in [0.4, 0.5) is 5.69 Å². The first kappa shape index (κ1) is 18.8. The van der Waals surface area contributed by atoms with Crippen LogP contribution in [0.2, 0.25) is 0 Å². The number of nitrogens with zero attached hydrogens (tertiary/aromatic N) is 2. The molecular weight excluding hydrogens is 407 g/mol.